The normalized spacial score (nSPS) is 12.6. The molecule has 3 aromatic carbocycles. The van der Waals surface area contributed by atoms with Gasteiger partial charge in [0.25, 0.3) is 0 Å². The molecule has 1 atom stereocenters. The average molecular weight is 559 g/mol. The molecule has 0 aromatic heterocycles. The summed E-state index contributed by atoms with van der Waals surface area (Å²) in [6.07, 6.45) is -4.12. The van der Waals surface area contributed by atoms with Crippen molar-refractivity contribution in [2.75, 3.05) is 5.32 Å². The van der Waals surface area contributed by atoms with Gasteiger partial charge in [0.2, 0.25) is 0 Å². The molecular formula is C25H23ClF4N2O4S. The summed E-state index contributed by atoms with van der Waals surface area (Å²) in [6.45, 7) is 3.74. The number of rotatable bonds is 8. The summed E-state index contributed by atoms with van der Waals surface area (Å²) in [4.78, 5) is 13.8. The standard InChI is InChI=1S/C25H23ClF4N2O4S/c1-3-16(2)32(24(33)31-19-10-11-23(27)22(26)14-19)15-17-6-4-8-20(12-17)36-37(34,35)21-9-5-7-18(13-21)25(28,29)30/h4-14,16H,3,15H2,1-2H3,(H,31,33). The number of hydrogen-bond acceptors (Lipinski definition) is 4. The highest BCUT2D eigenvalue weighted by Gasteiger charge is 2.32. The van der Waals surface area contributed by atoms with Crippen LogP contribution in [-0.2, 0) is 22.8 Å². The number of halogens is 5. The molecule has 0 saturated carbocycles. The summed E-state index contributed by atoms with van der Waals surface area (Å²) < 4.78 is 82.8. The molecule has 12 heteroatoms. The highest BCUT2D eigenvalue weighted by atomic mass is 35.5. The lowest BCUT2D eigenvalue weighted by Gasteiger charge is -2.29. The van der Waals surface area contributed by atoms with Crippen LogP contribution in [0, 0.1) is 5.82 Å². The van der Waals surface area contributed by atoms with Gasteiger partial charge >= 0.3 is 22.3 Å². The summed E-state index contributed by atoms with van der Waals surface area (Å²) >= 11 is 5.78. The van der Waals surface area contributed by atoms with Crippen molar-refractivity contribution in [1.29, 1.82) is 0 Å². The molecule has 3 aromatic rings. The molecule has 1 N–H and O–H groups in total. The van der Waals surface area contributed by atoms with Crippen LogP contribution in [0.3, 0.4) is 0 Å². The highest BCUT2D eigenvalue weighted by Crippen LogP contribution is 2.31. The van der Waals surface area contributed by atoms with Gasteiger partial charge in [0.15, 0.2) is 0 Å². The van der Waals surface area contributed by atoms with Gasteiger partial charge in [-0.3, -0.25) is 0 Å². The van der Waals surface area contributed by atoms with Crippen molar-refractivity contribution in [3.8, 4) is 5.75 Å². The van der Waals surface area contributed by atoms with Gasteiger partial charge in [0, 0.05) is 18.3 Å². The zero-order chi connectivity index (χ0) is 27.4. The summed E-state index contributed by atoms with van der Waals surface area (Å²) in [5.41, 5.74) is -0.332. The lowest BCUT2D eigenvalue weighted by molar-refractivity contribution is -0.137. The van der Waals surface area contributed by atoms with E-state index in [0.717, 1.165) is 24.3 Å². The molecule has 0 aliphatic carbocycles. The summed E-state index contributed by atoms with van der Waals surface area (Å²) in [5, 5.41) is 2.50. The van der Waals surface area contributed by atoms with Crippen LogP contribution in [-0.4, -0.2) is 25.4 Å². The number of nitrogens with one attached hydrogen (secondary N) is 1. The number of benzene rings is 3. The van der Waals surface area contributed by atoms with Crippen LogP contribution < -0.4 is 9.50 Å². The second-order valence-corrected chi connectivity index (χ2v) is 10.1. The minimum Gasteiger partial charge on any atom is -0.379 e. The first kappa shape index (κ1) is 28.3. The van der Waals surface area contributed by atoms with E-state index >= 15 is 0 Å². The van der Waals surface area contributed by atoms with E-state index in [0.29, 0.717) is 18.1 Å². The van der Waals surface area contributed by atoms with Crippen LogP contribution in [0.4, 0.5) is 28.0 Å². The monoisotopic (exact) mass is 558 g/mol. The Morgan fingerprint density at radius 1 is 1.08 bits per heavy atom. The van der Waals surface area contributed by atoms with Gasteiger partial charge in [0.05, 0.1) is 10.6 Å². The smallest absolute Gasteiger partial charge is 0.379 e. The average Bonchev–Trinajstić information content (AvgIpc) is 2.84. The van der Waals surface area contributed by atoms with E-state index in [9.17, 15) is 30.8 Å². The SMILES string of the molecule is CCC(C)N(Cc1cccc(OS(=O)(=O)c2cccc(C(F)(F)F)c2)c1)C(=O)Nc1ccc(F)c(Cl)c1. The molecule has 0 fully saturated rings. The van der Waals surface area contributed by atoms with Crippen molar-refractivity contribution in [1.82, 2.24) is 4.90 Å². The maximum atomic E-state index is 13.4. The quantitative estimate of drug-likeness (QED) is 0.236. The number of carbonyl (C=O) groups excluding carboxylic acids is 1. The molecular weight excluding hydrogens is 536 g/mol. The molecule has 198 valence electrons. The van der Waals surface area contributed by atoms with Crippen LogP contribution in [0.2, 0.25) is 5.02 Å². The minimum atomic E-state index is -4.72. The van der Waals surface area contributed by atoms with Gasteiger partial charge in [0.1, 0.15) is 16.5 Å². The minimum absolute atomic E-state index is 0.0522. The number of anilines is 1. The molecule has 0 saturated heterocycles. The number of amides is 2. The van der Waals surface area contributed by atoms with E-state index in [1.807, 2.05) is 13.8 Å². The number of nitrogens with zero attached hydrogens (tertiary/aromatic N) is 1. The predicted octanol–water partition coefficient (Wildman–Crippen LogP) is 7.10. The maximum absolute atomic E-state index is 13.4. The first-order valence-corrected chi connectivity index (χ1v) is 12.8. The van der Waals surface area contributed by atoms with Crippen molar-refractivity contribution < 1.29 is 35.0 Å². The molecule has 1 unspecified atom stereocenters. The topological polar surface area (TPSA) is 75.7 Å². The lowest BCUT2D eigenvalue weighted by Crippen LogP contribution is -2.40. The molecule has 2 amide bonds. The zero-order valence-electron chi connectivity index (χ0n) is 19.7. The molecule has 0 spiro atoms. The van der Waals surface area contributed by atoms with Crippen LogP contribution in [0.15, 0.2) is 71.6 Å². The van der Waals surface area contributed by atoms with Crippen molar-refractivity contribution in [3.05, 3.63) is 88.7 Å². The van der Waals surface area contributed by atoms with E-state index in [4.69, 9.17) is 15.8 Å². The Hall–Kier alpha value is -3.31. The Labute approximate surface area is 216 Å². The highest BCUT2D eigenvalue weighted by molar-refractivity contribution is 7.87. The van der Waals surface area contributed by atoms with Gasteiger partial charge in [-0.25, -0.2) is 9.18 Å². The summed E-state index contributed by atoms with van der Waals surface area (Å²) in [5.74, 6) is -0.764. The Kier molecular flexibility index (Phi) is 8.70. The Balaban J connectivity index is 1.80. The maximum Gasteiger partial charge on any atom is 0.416 e. The molecule has 0 aliphatic rings. The van der Waals surface area contributed by atoms with Gasteiger partial charge < -0.3 is 14.4 Å². The molecule has 0 heterocycles. The first-order chi connectivity index (χ1) is 17.3. The van der Waals surface area contributed by atoms with Crippen molar-refractivity contribution >= 4 is 33.4 Å². The van der Waals surface area contributed by atoms with E-state index < -0.39 is 38.6 Å². The summed E-state index contributed by atoms with van der Waals surface area (Å²) in [6, 6.07) is 12.1. The Morgan fingerprint density at radius 2 is 1.78 bits per heavy atom. The van der Waals surface area contributed by atoms with E-state index in [1.165, 1.54) is 35.2 Å². The fraction of sp³-hybridized carbons (Fsp3) is 0.240. The molecule has 0 bridgehead atoms. The fourth-order valence-corrected chi connectivity index (χ4v) is 4.46. The predicted molar refractivity (Wildman–Crippen MR) is 131 cm³/mol. The van der Waals surface area contributed by atoms with Crippen LogP contribution in [0.5, 0.6) is 5.75 Å². The van der Waals surface area contributed by atoms with Gasteiger partial charge in [-0.15, -0.1) is 0 Å². The first-order valence-electron chi connectivity index (χ1n) is 11.0. The molecule has 3 rings (SSSR count). The van der Waals surface area contributed by atoms with Crippen LogP contribution >= 0.6 is 11.6 Å². The Bertz CT molecular complexity index is 1380. The van der Waals surface area contributed by atoms with Crippen molar-refractivity contribution in [3.63, 3.8) is 0 Å². The van der Waals surface area contributed by atoms with Gasteiger partial charge in [-0.2, -0.15) is 21.6 Å². The molecule has 37 heavy (non-hydrogen) atoms. The third-order valence-corrected chi connectivity index (χ3v) is 6.99. The van der Waals surface area contributed by atoms with Crippen molar-refractivity contribution in [2.24, 2.45) is 0 Å². The summed E-state index contributed by atoms with van der Waals surface area (Å²) in [7, 11) is -4.56. The third kappa shape index (κ3) is 7.36. The lowest BCUT2D eigenvalue weighted by atomic mass is 10.1. The fourth-order valence-electron chi connectivity index (χ4n) is 3.31. The molecule has 6 nitrogen and oxygen atoms in total. The molecule has 0 radical (unpaired) electrons. The number of alkyl halides is 3. The van der Waals surface area contributed by atoms with Crippen LogP contribution in [0.25, 0.3) is 0 Å². The third-order valence-electron chi connectivity index (χ3n) is 5.46. The Morgan fingerprint density at radius 3 is 2.43 bits per heavy atom. The zero-order valence-corrected chi connectivity index (χ0v) is 21.3. The van der Waals surface area contributed by atoms with Crippen molar-refractivity contribution in [2.45, 2.75) is 43.9 Å². The van der Waals surface area contributed by atoms with E-state index in [-0.39, 0.29) is 29.0 Å². The molecule has 0 aliphatic heterocycles. The number of carbonyl (C=O) groups is 1. The largest absolute Gasteiger partial charge is 0.416 e. The second kappa shape index (κ2) is 11.4. The van der Waals surface area contributed by atoms with Gasteiger partial charge in [-0.05, 0) is 67.4 Å². The van der Waals surface area contributed by atoms with Crippen LogP contribution in [0.1, 0.15) is 31.4 Å². The second-order valence-electron chi connectivity index (χ2n) is 8.15. The van der Waals surface area contributed by atoms with E-state index in [2.05, 4.69) is 5.32 Å². The van der Waals surface area contributed by atoms with E-state index in [1.54, 1.807) is 6.07 Å². The van der Waals surface area contributed by atoms with Gasteiger partial charge in [-0.1, -0.05) is 36.7 Å². The number of hydrogen-bond donors (Lipinski definition) is 1. The number of urea groups is 1.